The Morgan fingerprint density at radius 2 is 2.26 bits per heavy atom. The van der Waals surface area contributed by atoms with Crippen LogP contribution in [-0.2, 0) is 4.74 Å². The zero-order chi connectivity index (χ0) is 13.2. The highest BCUT2D eigenvalue weighted by atomic mass is 16.5. The quantitative estimate of drug-likeness (QED) is 0.665. The standard InChI is InChI=1S/C16H19NO2/c1-19-16(18)13-3-2-4-15(9-13)17-10-14-8-11-5-6-12(14)7-11/h2-6,9,11-12,14,17H,7-8,10H2,1H3. The van der Waals surface area contributed by atoms with Crippen LogP contribution in [0.25, 0.3) is 0 Å². The maximum absolute atomic E-state index is 11.5. The Morgan fingerprint density at radius 1 is 1.37 bits per heavy atom. The summed E-state index contributed by atoms with van der Waals surface area (Å²) in [6.07, 6.45) is 7.35. The highest BCUT2D eigenvalue weighted by Crippen LogP contribution is 2.43. The molecule has 3 heteroatoms. The van der Waals surface area contributed by atoms with E-state index in [4.69, 9.17) is 4.74 Å². The monoisotopic (exact) mass is 257 g/mol. The summed E-state index contributed by atoms with van der Waals surface area (Å²) < 4.78 is 4.73. The van der Waals surface area contributed by atoms with Gasteiger partial charge in [0.05, 0.1) is 12.7 Å². The molecular weight excluding hydrogens is 238 g/mol. The second-order valence-corrected chi connectivity index (χ2v) is 5.49. The number of methoxy groups -OCH3 is 1. The van der Waals surface area contributed by atoms with Gasteiger partial charge in [-0.25, -0.2) is 4.79 Å². The number of rotatable bonds is 4. The SMILES string of the molecule is COC(=O)c1cccc(NCC2CC3C=CC2C3)c1. The fourth-order valence-electron chi connectivity index (χ4n) is 3.25. The highest BCUT2D eigenvalue weighted by Gasteiger charge is 2.35. The Labute approximate surface area is 113 Å². The molecule has 1 aromatic carbocycles. The molecule has 100 valence electrons. The molecule has 1 fully saturated rings. The predicted molar refractivity (Wildman–Crippen MR) is 75.1 cm³/mol. The smallest absolute Gasteiger partial charge is 0.337 e. The van der Waals surface area contributed by atoms with Crippen molar-refractivity contribution in [3.8, 4) is 0 Å². The van der Waals surface area contributed by atoms with E-state index in [9.17, 15) is 4.79 Å². The van der Waals surface area contributed by atoms with Gasteiger partial charge in [0.1, 0.15) is 0 Å². The number of hydrogen-bond acceptors (Lipinski definition) is 3. The summed E-state index contributed by atoms with van der Waals surface area (Å²) in [7, 11) is 1.41. The van der Waals surface area contributed by atoms with Crippen LogP contribution in [0.4, 0.5) is 5.69 Å². The van der Waals surface area contributed by atoms with E-state index < -0.39 is 0 Å². The average Bonchev–Trinajstić information content (AvgIpc) is 3.07. The van der Waals surface area contributed by atoms with E-state index >= 15 is 0 Å². The third kappa shape index (κ3) is 2.50. The lowest BCUT2D eigenvalue weighted by Crippen LogP contribution is -2.18. The zero-order valence-electron chi connectivity index (χ0n) is 11.1. The van der Waals surface area contributed by atoms with E-state index in [-0.39, 0.29) is 5.97 Å². The Hall–Kier alpha value is -1.77. The average molecular weight is 257 g/mol. The summed E-state index contributed by atoms with van der Waals surface area (Å²) in [6, 6.07) is 7.51. The van der Waals surface area contributed by atoms with Gasteiger partial charge in [-0.3, -0.25) is 0 Å². The zero-order valence-corrected chi connectivity index (χ0v) is 11.1. The molecule has 0 saturated heterocycles. The van der Waals surface area contributed by atoms with Crippen molar-refractivity contribution < 1.29 is 9.53 Å². The second-order valence-electron chi connectivity index (χ2n) is 5.49. The van der Waals surface area contributed by atoms with Crippen molar-refractivity contribution >= 4 is 11.7 Å². The van der Waals surface area contributed by atoms with Crippen LogP contribution in [0.1, 0.15) is 23.2 Å². The molecule has 0 aromatic heterocycles. The van der Waals surface area contributed by atoms with E-state index in [0.29, 0.717) is 5.56 Å². The lowest BCUT2D eigenvalue weighted by molar-refractivity contribution is 0.0601. The van der Waals surface area contributed by atoms with Crippen molar-refractivity contribution in [2.75, 3.05) is 19.0 Å². The van der Waals surface area contributed by atoms with E-state index in [0.717, 1.165) is 30.0 Å². The molecule has 0 heterocycles. The van der Waals surface area contributed by atoms with Crippen LogP contribution < -0.4 is 5.32 Å². The Morgan fingerprint density at radius 3 is 2.95 bits per heavy atom. The Kier molecular flexibility index (Phi) is 3.28. The third-order valence-electron chi connectivity index (χ3n) is 4.27. The van der Waals surface area contributed by atoms with Crippen LogP contribution >= 0.6 is 0 Å². The number of hydrogen-bond donors (Lipinski definition) is 1. The number of benzene rings is 1. The Balaban J connectivity index is 1.61. The summed E-state index contributed by atoms with van der Waals surface area (Å²) in [5, 5.41) is 3.45. The predicted octanol–water partition coefficient (Wildman–Crippen LogP) is 3.10. The highest BCUT2D eigenvalue weighted by molar-refractivity contribution is 5.90. The number of allylic oxidation sites excluding steroid dienone is 2. The summed E-state index contributed by atoms with van der Waals surface area (Å²) in [5.74, 6) is 2.00. The maximum Gasteiger partial charge on any atom is 0.337 e. The van der Waals surface area contributed by atoms with Crippen LogP contribution in [0.2, 0.25) is 0 Å². The van der Waals surface area contributed by atoms with Crippen LogP contribution in [-0.4, -0.2) is 19.6 Å². The molecule has 2 aliphatic carbocycles. The molecular formula is C16H19NO2. The summed E-state index contributed by atoms with van der Waals surface area (Å²) in [6.45, 7) is 0.982. The van der Waals surface area contributed by atoms with Gasteiger partial charge in [-0.2, -0.15) is 0 Å². The van der Waals surface area contributed by atoms with Crippen molar-refractivity contribution in [1.82, 2.24) is 0 Å². The van der Waals surface area contributed by atoms with Crippen LogP contribution in [0.3, 0.4) is 0 Å². The first kappa shape index (κ1) is 12.3. The van der Waals surface area contributed by atoms with Crippen LogP contribution in [0, 0.1) is 17.8 Å². The maximum atomic E-state index is 11.5. The van der Waals surface area contributed by atoms with Crippen molar-refractivity contribution in [2.45, 2.75) is 12.8 Å². The van der Waals surface area contributed by atoms with Crippen molar-refractivity contribution in [2.24, 2.45) is 17.8 Å². The molecule has 1 N–H and O–H groups in total. The van der Waals surface area contributed by atoms with Gasteiger partial charge in [-0.1, -0.05) is 18.2 Å². The fourth-order valence-corrected chi connectivity index (χ4v) is 3.25. The fraction of sp³-hybridized carbons (Fsp3) is 0.438. The van der Waals surface area contributed by atoms with E-state index in [1.165, 1.54) is 20.0 Å². The van der Waals surface area contributed by atoms with Crippen molar-refractivity contribution in [3.63, 3.8) is 0 Å². The molecule has 19 heavy (non-hydrogen) atoms. The molecule has 0 radical (unpaired) electrons. The summed E-state index contributed by atoms with van der Waals surface area (Å²) in [5.41, 5.74) is 1.59. The van der Waals surface area contributed by atoms with Gasteiger partial charge in [0.15, 0.2) is 0 Å². The second kappa shape index (κ2) is 5.08. The molecule has 3 atom stereocenters. The molecule has 1 saturated carbocycles. The minimum atomic E-state index is -0.286. The van der Waals surface area contributed by atoms with Crippen LogP contribution in [0.15, 0.2) is 36.4 Å². The largest absolute Gasteiger partial charge is 0.465 e. The van der Waals surface area contributed by atoms with Gasteiger partial charge in [-0.05, 0) is 48.8 Å². The lowest BCUT2D eigenvalue weighted by Gasteiger charge is -2.19. The number of ether oxygens (including phenoxy) is 1. The van der Waals surface area contributed by atoms with Gasteiger partial charge >= 0.3 is 5.97 Å². The number of carbonyl (C=O) groups excluding carboxylic acids is 1. The van der Waals surface area contributed by atoms with Crippen molar-refractivity contribution in [3.05, 3.63) is 42.0 Å². The van der Waals surface area contributed by atoms with E-state index in [1.54, 1.807) is 6.07 Å². The van der Waals surface area contributed by atoms with E-state index in [1.807, 2.05) is 18.2 Å². The molecule has 3 nitrogen and oxygen atoms in total. The number of esters is 1. The molecule has 0 aliphatic heterocycles. The molecule has 3 rings (SSSR count). The van der Waals surface area contributed by atoms with Gasteiger partial charge in [0.25, 0.3) is 0 Å². The summed E-state index contributed by atoms with van der Waals surface area (Å²) >= 11 is 0. The molecule has 1 aromatic rings. The first-order chi connectivity index (χ1) is 9.26. The normalized spacial score (nSPS) is 27.5. The van der Waals surface area contributed by atoms with E-state index in [2.05, 4.69) is 17.5 Å². The Bertz CT molecular complexity index is 509. The first-order valence-electron chi connectivity index (χ1n) is 6.87. The van der Waals surface area contributed by atoms with Gasteiger partial charge < -0.3 is 10.1 Å². The van der Waals surface area contributed by atoms with Gasteiger partial charge in [-0.15, -0.1) is 0 Å². The number of nitrogens with one attached hydrogen (secondary N) is 1. The molecule has 3 unspecified atom stereocenters. The molecule has 0 amide bonds. The third-order valence-corrected chi connectivity index (χ3v) is 4.27. The van der Waals surface area contributed by atoms with Crippen molar-refractivity contribution in [1.29, 1.82) is 0 Å². The van der Waals surface area contributed by atoms with Gasteiger partial charge in [0, 0.05) is 12.2 Å². The lowest BCUT2D eigenvalue weighted by atomic mass is 9.93. The minimum absolute atomic E-state index is 0.286. The number of fused-ring (bicyclic) bond motifs is 2. The van der Waals surface area contributed by atoms with Gasteiger partial charge in [0.2, 0.25) is 0 Å². The first-order valence-corrected chi connectivity index (χ1v) is 6.87. The topological polar surface area (TPSA) is 38.3 Å². The molecule has 0 spiro atoms. The molecule has 2 aliphatic rings. The number of carbonyl (C=O) groups is 1. The molecule has 2 bridgehead atoms. The summed E-state index contributed by atoms with van der Waals surface area (Å²) in [4.78, 5) is 11.5. The minimum Gasteiger partial charge on any atom is -0.465 e. The van der Waals surface area contributed by atoms with Crippen LogP contribution in [0.5, 0.6) is 0 Å². The number of anilines is 1.